The average molecular weight is 331 g/mol. The van der Waals surface area contributed by atoms with Crippen LogP contribution in [0.5, 0.6) is 0 Å². The Kier molecular flexibility index (Phi) is 5.50. The quantitative estimate of drug-likeness (QED) is 0.912. The minimum Gasteiger partial charge on any atom is -0.339 e. The van der Waals surface area contributed by atoms with Crippen LogP contribution in [-0.2, 0) is 0 Å². The van der Waals surface area contributed by atoms with Gasteiger partial charge in [0.1, 0.15) is 4.88 Å². The first kappa shape index (κ1) is 17.1. The van der Waals surface area contributed by atoms with Crippen molar-refractivity contribution in [2.24, 2.45) is 0 Å². The van der Waals surface area contributed by atoms with E-state index in [1.807, 2.05) is 27.7 Å². The van der Waals surface area contributed by atoms with Crippen molar-refractivity contribution in [1.29, 1.82) is 0 Å². The second-order valence-electron chi connectivity index (χ2n) is 5.16. The fourth-order valence-electron chi connectivity index (χ4n) is 2.35. The molecule has 122 valence electrons. The lowest BCUT2D eigenvalue weighted by Crippen LogP contribution is -2.30. The van der Waals surface area contributed by atoms with E-state index in [4.69, 9.17) is 0 Å². The molecule has 0 unspecified atom stereocenters. The molecule has 0 atom stereocenters. The van der Waals surface area contributed by atoms with E-state index in [1.54, 1.807) is 29.2 Å². The first-order chi connectivity index (χ1) is 11.0. The van der Waals surface area contributed by atoms with Crippen LogP contribution in [0.4, 0.5) is 5.69 Å². The Morgan fingerprint density at radius 3 is 2.48 bits per heavy atom. The summed E-state index contributed by atoms with van der Waals surface area (Å²) in [5.41, 5.74) is 1.91. The maximum absolute atomic E-state index is 12.4. The number of aromatic nitrogens is 1. The van der Waals surface area contributed by atoms with Crippen LogP contribution in [0, 0.1) is 13.8 Å². The average Bonchev–Trinajstić information content (AvgIpc) is 2.87. The summed E-state index contributed by atoms with van der Waals surface area (Å²) < 4.78 is 0. The summed E-state index contributed by atoms with van der Waals surface area (Å²) in [6.07, 6.45) is 0. The SMILES string of the molecule is CCN(CC)C(=O)c1cccc(NC(=O)c2sc(C)nc2C)c1. The Hall–Kier alpha value is -2.21. The van der Waals surface area contributed by atoms with Crippen LogP contribution in [0.15, 0.2) is 24.3 Å². The van der Waals surface area contributed by atoms with Gasteiger partial charge in [0.15, 0.2) is 0 Å². The number of aryl methyl sites for hydroxylation is 2. The lowest BCUT2D eigenvalue weighted by Gasteiger charge is -2.19. The van der Waals surface area contributed by atoms with Crippen LogP contribution >= 0.6 is 11.3 Å². The molecule has 2 aromatic rings. The molecule has 1 aromatic heterocycles. The molecule has 0 radical (unpaired) electrons. The molecule has 0 fully saturated rings. The highest BCUT2D eigenvalue weighted by atomic mass is 32.1. The van der Waals surface area contributed by atoms with Crippen molar-refractivity contribution >= 4 is 28.8 Å². The van der Waals surface area contributed by atoms with Crippen molar-refractivity contribution in [3.63, 3.8) is 0 Å². The predicted molar refractivity (Wildman–Crippen MR) is 93.2 cm³/mol. The van der Waals surface area contributed by atoms with Crippen molar-refractivity contribution in [1.82, 2.24) is 9.88 Å². The molecule has 0 bridgehead atoms. The molecule has 0 aliphatic carbocycles. The van der Waals surface area contributed by atoms with Gasteiger partial charge in [0.25, 0.3) is 11.8 Å². The highest BCUT2D eigenvalue weighted by molar-refractivity contribution is 7.13. The Morgan fingerprint density at radius 1 is 1.22 bits per heavy atom. The molecule has 2 rings (SSSR count). The van der Waals surface area contributed by atoms with Gasteiger partial charge in [0.2, 0.25) is 0 Å². The number of hydrogen-bond acceptors (Lipinski definition) is 4. The number of hydrogen-bond donors (Lipinski definition) is 1. The van der Waals surface area contributed by atoms with E-state index < -0.39 is 0 Å². The first-order valence-electron chi connectivity index (χ1n) is 7.61. The number of thiazole rings is 1. The van der Waals surface area contributed by atoms with Crippen molar-refractivity contribution < 1.29 is 9.59 Å². The molecular weight excluding hydrogens is 310 g/mol. The molecule has 0 aliphatic heterocycles. The second-order valence-corrected chi connectivity index (χ2v) is 6.36. The number of carbonyl (C=O) groups is 2. The lowest BCUT2D eigenvalue weighted by atomic mass is 10.1. The molecule has 2 amide bonds. The van der Waals surface area contributed by atoms with Gasteiger partial charge in [-0.2, -0.15) is 0 Å². The van der Waals surface area contributed by atoms with E-state index in [-0.39, 0.29) is 11.8 Å². The van der Waals surface area contributed by atoms with Gasteiger partial charge in [-0.05, 0) is 45.9 Å². The second kappa shape index (κ2) is 7.37. The van der Waals surface area contributed by atoms with Crippen molar-refractivity contribution in [3.8, 4) is 0 Å². The summed E-state index contributed by atoms with van der Waals surface area (Å²) in [5.74, 6) is -0.226. The Labute approximate surface area is 140 Å². The van der Waals surface area contributed by atoms with Crippen LogP contribution in [0.1, 0.15) is 44.6 Å². The lowest BCUT2D eigenvalue weighted by molar-refractivity contribution is 0.0772. The molecule has 1 aromatic carbocycles. The van der Waals surface area contributed by atoms with Crippen molar-refractivity contribution in [2.45, 2.75) is 27.7 Å². The first-order valence-corrected chi connectivity index (χ1v) is 8.42. The molecule has 6 heteroatoms. The number of anilines is 1. The Balaban J connectivity index is 2.18. The van der Waals surface area contributed by atoms with E-state index in [2.05, 4.69) is 10.3 Å². The van der Waals surface area contributed by atoms with Crippen molar-refractivity contribution in [2.75, 3.05) is 18.4 Å². The maximum atomic E-state index is 12.4. The van der Waals surface area contributed by atoms with Crippen LogP contribution in [-0.4, -0.2) is 34.8 Å². The summed E-state index contributed by atoms with van der Waals surface area (Å²) >= 11 is 1.37. The summed E-state index contributed by atoms with van der Waals surface area (Å²) in [7, 11) is 0. The molecule has 0 saturated carbocycles. The van der Waals surface area contributed by atoms with E-state index >= 15 is 0 Å². The van der Waals surface area contributed by atoms with Crippen LogP contribution < -0.4 is 5.32 Å². The van der Waals surface area contributed by atoms with E-state index in [0.29, 0.717) is 29.2 Å². The van der Waals surface area contributed by atoms with Gasteiger partial charge in [-0.3, -0.25) is 9.59 Å². The number of nitrogens with one attached hydrogen (secondary N) is 1. The van der Waals surface area contributed by atoms with Crippen LogP contribution in [0.3, 0.4) is 0 Å². The van der Waals surface area contributed by atoms with Gasteiger partial charge in [0.05, 0.1) is 10.7 Å². The molecule has 1 N–H and O–H groups in total. The third kappa shape index (κ3) is 3.96. The highest BCUT2D eigenvalue weighted by Gasteiger charge is 2.16. The number of amides is 2. The standard InChI is InChI=1S/C17H21N3O2S/c1-5-20(6-2)17(22)13-8-7-9-14(10-13)19-16(21)15-11(3)18-12(4)23-15/h7-10H,5-6H2,1-4H3,(H,19,21). The molecular formula is C17H21N3O2S. The molecule has 0 spiro atoms. The highest BCUT2D eigenvalue weighted by Crippen LogP contribution is 2.20. The fraction of sp³-hybridized carbons (Fsp3) is 0.353. The normalized spacial score (nSPS) is 10.4. The molecule has 23 heavy (non-hydrogen) atoms. The van der Waals surface area contributed by atoms with Crippen molar-refractivity contribution in [3.05, 3.63) is 45.4 Å². The predicted octanol–water partition coefficient (Wildman–Crippen LogP) is 3.49. The Bertz CT molecular complexity index is 720. The molecule has 0 saturated heterocycles. The number of nitrogens with zero attached hydrogens (tertiary/aromatic N) is 2. The van der Waals surface area contributed by atoms with Gasteiger partial charge in [-0.1, -0.05) is 6.07 Å². The fourth-order valence-corrected chi connectivity index (χ4v) is 3.17. The zero-order chi connectivity index (χ0) is 17.0. The van der Waals surface area contributed by atoms with Gasteiger partial charge in [-0.25, -0.2) is 4.98 Å². The number of carbonyl (C=O) groups excluding carboxylic acids is 2. The van der Waals surface area contributed by atoms with Crippen LogP contribution in [0.2, 0.25) is 0 Å². The minimum atomic E-state index is -0.194. The zero-order valence-electron chi connectivity index (χ0n) is 13.8. The summed E-state index contributed by atoms with van der Waals surface area (Å²) in [5, 5.41) is 3.70. The molecule has 0 aliphatic rings. The topological polar surface area (TPSA) is 62.3 Å². The maximum Gasteiger partial charge on any atom is 0.267 e. The summed E-state index contributed by atoms with van der Waals surface area (Å²) in [4.78, 5) is 31.3. The van der Waals surface area contributed by atoms with E-state index in [9.17, 15) is 9.59 Å². The monoisotopic (exact) mass is 331 g/mol. The minimum absolute atomic E-state index is 0.0316. The molecule has 5 nitrogen and oxygen atoms in total. The van der Waals surface area contributed by atoms with E-state index in [0.717, 1.165) is 10.7 Å². The van der Waals surface area contributed by atoms with Crippen LogP contribution in [0.25, 0.3) is 0 Å². The smallest absolute Gasteiger partial charge is 0.267 e. The Morgan fingerprint density at radius 2 is 1.91 bits per heavy atom. The third-order valence-electron chi connectivity index (χ3n) is 3.53. The third-order valence-corrected chi connectivity index (χ3v) is 4.60. The number of benzene rings is 1. The zero-order valence-corrected chi connectivity index (χ0v) is 14.7. The van der Waals surface area contributed by atoms with Gasteiger partial charge in [-0.15, -0.1) is 11.3 Å². The summed E-state index contributed by atoms with van der Waals surface area (Å²) in [6.45, 7) is 8.90. The van der Waals surface area contributed by atoms with E-state index in [1.165, 1.54) is 11.3 Å². The summed E-state index contributed by atoms with van der Waals surface area (Å²) in [6, 6.07) is 7.03. The van der Waals surface area contributed by atoms with Gasteiger partial charge >= 0.3 is 0 Å². The van der Waals surface area contributed by atoms with Gasteiger partial charge in [0, 0.05) is 24.3 Å². The number of rotatable bonds is 5. The van der Waals surface area contributed by atoms with Gasteiger partial charge < -0.3 is 10.2 Å². The largest absolute Gasteiger partial charge is 0.339 e. The molecule has 1 heterocycles.